The van der Waals surface area contributed by atoms with Crippen molar-refractivity contribution in [3.63, 3.8) is 0 Å². The second-order valence-electron chi connectivity index (χ2n) is 15.4. The van der Waals surface area contributed by atoms with E-state index < -0.39 is 10.1 Å². The van der Waals surface area contributed by atoms with Crippen molar-refractivity contribution in [3.8, 4) is 11.5 Å². The van der Waals surface area contributed by atoms with Crippen LogP contribution in [-0.2, 0) is 50.9 Å². The Bertz CT molecular complexity index is 2740. The summed E-state index contributed by atoms with van der Waals surface area (Å²) >= 11 is 6.78. The minimum Gasteiger partial charge on any atom is -1.00 e. The third kappa shape index (κ3) is 18.3. The maximum Gasteiger partial charge on any atom is 1.00 e. The molecule has 4 aromatic heterocycles. The van der Waals surface area contributed by atoms with E-state index in [-0.39, 0.29) is 153 Å². The van der Waals surface area contributed by atoms with Crippen molar-refractivity contribution in [2.24, 2.45) is 25.9 Å². The Kier molecular flexibility index (Phi) is 25.7. The van der Waals surface area contributed by atoms with E-state index in [0.29, 0.717) is 34.3 Å². The van der Waals surface area contributed by atoms with Gasteiger partial charge in [0, 0.05) is 60.7 Å². The molecule has 0 unspecified atom stereocenters. The molecular formula is C43H50Br2N8O10Rb2S. The van der Waals surface area contributed by atoms with Crippen LogP contribution in [0.2, 0.25) is 0 Å². The van der Waals surface area contributed by atoms with E-state index in [1.54, 1.807) is 68.6 Å². The maximum atomic E-state index is 12.0. The van der Waals surface area contributed by atoms with Crippen LogP contribution in [0.25, 0.3) is 22.1 Å². The Morgan fingerprint density at radius 2 is 1.26 bits per heavy atom. The molecule has 4 heterocycles. The summed E-state index contributed by atoms with van der Waals surface area (Å²) in [5.74, 6) is 3.67. The number of rotatable bonds is 9. The number of hydrogen-bond acceptors (Lipinski definition) is 16. The van der Waals surface area contributed by atoms with Gasteiger partial charge in [-0.1, -0.05) is 31.9 Å². The number of carbonyl (C=O) groups is 1. The van der Waals surface area contributed by atoms with Crippen LogP contribution < -0.4 is 137 Å². The number of phenolic OH excluding ortho intramolecular Hbond substituents is 1. The van der Waals surface area contributed by atoms with Crippen LogP contribution in [0.1, 0.15) is 70.1 Å². The van der Waals surface area contributed by atoms with Gasteiger partial charge in [0.2, 0.25) is 0 Å². The molecule has 1 N–H and O–H groups in total. The molecule has 2 aromatic carbocycles. The van der Waals surface area contributed by atoms with Crippen molar-refractivity contribution < 1.29 is 155 Å². The second kappa shape index (κ2) is 28.9. The maximum absolute atomic E-state index is 12.0. The second-order valence-corrected chi connectivity index (χ2v) is 18.8. The summed E-state index contributed by atoms with van der Waals surface area (Å²) in [5, 5.41) is 18.1. The molecule has 0 atom stereocenters. The smallest absolute Gasteiger partial charge is 1.00 e. The zero-order valence-electron chi connectivity index (χ0n) is 38.7. The average Bonchev–Trinajstić information content (AvgIpc) is 3.26. The minimum absolute atomic E-state index is 0. The van der Waals surface area contributed by atoms with Crippen LogP contribution in [0, 0.1) is 18.8 Å². The third-order valence-corrected chi connectivity index (χ3v) is 12.2. The van der Waals surface area contributed by atoms with Crippen LogP contribution in [-0.4, -0.2) is 77.5 Å². The summed E-state index contributed by atoms with van der Waals surface area (Å²) < 4.78 is 38.0. The van der Waals surface area contributed by atoms with Crippen LogP contribution in [0.5, 0.6) is 11.5 Å². The minimum atomic E-state index is -3.32. The molecule has 18 nitrogen and oxygen atoms in total. The first-order valence-corrected chi connectivity index (χ1v) is 23.8. The van der Waals surface area contributed by atoms with Gasteiger partial charge < -0.3 is 30.5 Å². The average molecular weight is 1200 g/mol. The van der Waals surface area contributed by atoms with Crippen LogP contribution >= 0.6 is 31.9 Å². The van der Waals surface area contributed by atoms with Crippen molar-refractivity contribution in [3.05, 3.63) is 114 Å². The van der Waals surface area contributed by atoms with E-state index in [1.165, 1.54) is 10.8 Å². The van der Waals surface area contributed by atoms with E-state index >= 15 is 0 Å². The molecule has 0 aliphatic heterocycles. The number of aromatic nitrogens is 8. The molecular weight excluding hydrogens is 1150 g/mol. The number of phenols is 1. The van der Waals surface area contributed by atoms with Crippen molar-refractivity contribution in [1.82, 2.24) is 39.0 Å². The number of halogens is 2. The number of ether oxygens (including phenoxy) is 1. The number of aryl methyl sites for hydroxylation is 3. The first-order chi connectivity index (χ1) is 30.5. The molecule has 2 aliphatic rings. The predicted octanol–water partition coefficient (Wildman–Crippen LogP) is -0.514. The number of hydrogen-bond donors (Lipinski definition) is 1. The van der Waals surface area contributed by atoms with Crippen molar-refractivity contribution in [2.45, 2.75) is 83.3 Å². The largest absolute Gasteiger partial charge is 1.00 e. The monoisotopic (exact) mass is 1200 g/mol. The predicted molar refractivity (Wildman–Crippen MR) is 244 cm³/mol. The van der Waals surface area contributed by atoms with Gasteiger partial charge in [-0.15, -0.1) is 0 Å². The summed E-state index contributed by atoms with van der Waals surface area (Å²) in [4.78, 5) is 60.3. The molecule has 0 radical (unpaired) electrons. The van der Waals surface area contributed by atoms with Gasteiger partial charge in [0.05, 0.1) is 35.7 Å². The molecule has 2 saturated carbocycles. The fourth-order valence-corrected chi connectivity index (χ4v) is 9.23. The van der Waals surface area contributed by atoms with Gasteiger partial charge in [-0.3, -0.25) is 18.6 Å². The zero-order valence-corrected chi connectivity index (χ0v) is 51.5. The topological polar surface area (TPSA) is 244 Å². The molecule has 2 fully saturated rings. The SMILES string of the molecule is CS(=O)(=O)OC1CCC(Cc2ncccn2)CC1.Cc1nc2cc(Br)cc(O)c2n(C)c1=O.Cn1c(=O)cnc2cc(Br)cc(OC3CCC(Cc4ncccn4)CC3)c21.O=CO[O-].[H-].[Rb+].[Rb+]. The first-order valence-electron chi connectivity index (χ1n) is 20.3. The van der Waals surface area contributed by atoms with Gasteiger partial charge in [-0.25, -0.2) is 29.9 Å². The number of aromatic hydroxyl groups is 1. The summed E-state index contributed by atoms with van der Waals surface area (Å²) in [5.41, 5.74) is 2.63. The van der Waals surface area contributed by atoms with Crippen molar-refractivity contribution in [1.29, 1.82) is 0 Å². The quantitative estimate of drug-likeness (QED) is 0.0830. The Balaban J connectivity index is 0.000000338. The molecule has 66 heavy (non-hydrogen) atoms. The van der Waals surface area contributed by atoms with E-state index in [2.05, 4.69) is 66.7 Å². The van der Waals surface area contributed by atoms with Crippen LogP contribution in [0.3, 0.4) is 0 Å². The molecule has 0 saturated heterocycles. The fraction of sp³-hybridized carbons (Fsp3) is 0.419. The summed E-state index contributed by atoms with van der Waals surface area (Å²) in [6, 6.07) is 10.8. The van der Waals surface area contributed by atoms with Crippen molar-refractivity contribution >= 4 is 70.5 Å². The standard InChI is InChI=1S/C20H21BrN4O2.C12H18N2O3S.C10H9BrN2O2.CH2O3.2Rb.H/c1-25-19(26)12-24-16-10-14(21)11-17(20(16)25)27-15-5-3-13(4-6-15)9-18-22-7-2-8-23-18;1-18(15,16)17-11-5-3-10(4-6-11)9-12-13-7-2-8-14-12;1-5-10(15)13(2)9-7(12-5)3-6(11)4-8(9)14;2-1-4-3;;;/h2,7-8,10-13,15H,3-6,9H2,1H3;2,7-8,10-11H,3-6,9H2,1H3;3-4,14H,1-2H3;1,3H;;;/q;;;;2*+1;-1/p-1. The van der Waals surface area contributed by atoms with Gasteiger partial charge in [0.1, 0.15) is 39.9 Å². The van der Waals surface area contributed by atoms with E-state index in [1.807, 2.05) is 18.2 Å². The molecule has 0 bridgehead atoms. The van der Waals surface area contributed by atoms with Crippen LogP contribution in [0.4, 0.5) is 0 Å². The Morgan fingerprint density at radius 3 is 1.76 bits per heavy atom. The van der Waals surface area contributed by atoms with E-state index in [4.69, 9.17) is 19.0 Å². The van der Waals surface area contributed by atoms with Gasteiger partial charge in [0.25, 0.3) is 27.7 Å². The number of fused-ring (bicyclic) bond motifs is 2. The molecule has 344 valence electrons. The van der Waals surface area contributed by atoms with E-state index in [9.17, 15) is 23.1 Å². The zero-order chi connectivity index (χ0) is 46.4. The Morgan fingerprint density at radius 1 is 0.773 bits per heavy atom. The van der Waals surface area contributed by atoms with E-state index in [0.717, 1.165) is 102 Å². The summed E-state index contributed by atoms with van der Waals surface area (Å²) in [6.07, 6.45) is 19.0. The molecule has 0 amide bonds. The molecule has 23 heteroatoms. The molecule has 0 spiro atoms. The normalized spacial score (nSPS) is 17.7. The third-order valence-electron chi connectivity index (χ3n) is 10.7. The number of nitrogens with zero attached hydrogens (tertiary/aromatic N) is 8. The van der Waals surface area contributed by atoms with Gasteiger partial charge in [-0.05, 0) is 107 Å². The first kappa shape index (κ1) is 58.7. The summed E-state index contributed by atoms with van der Waals surface area (Å²) in [6.45, 7) is 1.47. The Hall–Kier alpha value is -1.61. The Labute approximate surface area is 498 Å². The molecule has 6 aromatic rings. The molecule has 2 aliphatic carbocycles. The molecule has 8 rings (SSSR count). The van der Waals surface area contributed by atoms with Gasteiger partial charge in [-0.2, -0.15) is 8.42 Å². The van der Waals surface area contributed by atoms with Crippen LogP contribution in [0.15, 0.2) is 85.9 Å². The van der Waals surface area contributed by atoms with Gasteiger partial charge >= 0.3 is 116 Å². The summed E-state index contributed by atoms with van der Waals surface area (Å²) in [7, 11) is 0.0471. The van der Waals surface area contributed by atoms with Gasteiger partial charge in [0.15, 0.2) is 0 Å². The number of benzene rings is 2. The van der Waals surface area contributed by atoms with Crippen molar-refractivity contribution in [2.75, 3.05) is 6.26 Å². The number of carbonyl (C=O) groups excluding carboxylic acids is 1. The fourth-order valence-electron chi connectivity index (χ4n) is 7.68.